The molecule has 1 N–H and O–H groups in total. The van der Waals surface area contributed by atoms with Gasteiger partial charge in [-0.3, -0.25) is 4.79 Å². The van der Waals surface area contributed by atoms with Crippen LogP contribution in [0.3, 0.4) is 0 Å². The van der Waals surface area contributed by atoms with E-state index in [2.05, 4.69) is 13.0 Å². The summed E-state index contributed by atoms with van der Waals surface area (Å²) in [6.07, 6.45) is 9.15. The fourth-order valence-electron chi connectivity index (χ4n) is 7.77. The van der Waals surface area contributed by atoms with E-state index in [-0.39, 0.29) is 17.0 Å². The number of fused-ring (bicyclic) bond motifs is 3. The third-order valence-electron chi connectivity index (χ3n) is 8.80. The second kappa shape index (κ2) is 4.81. The van der Waals surface area contributed by atoms with E-state index in [1.54, 1.807) is 6.92 Å². The highest BCUT2D eigenvalue weighted by Crippen LogP contribution is 2.78. The average molecular weight is 340 g/mol. The standard InChI is InChI=1S/C22H28O3/c1-14(23)25-22-11-9-21(10-12-22)19-6-3-15-13-16(24)4-5-17(15)18(19)7-8-20(21,22)2/h4-5,13,18-19,24H,3,6-12H2,1-2H3/t18-,19-,20+,21?,22?/m1/s1. The fraction of sp³-hybridized carbons (Fsp3) is 0.682. The first-order valence-corrected chi connectivity index (χ1v) is 9.92. The van der Waals surface area contributed by atoms with Crippen molar-refractivity contribution in [3.63, 3.8) is 0 Å². The van der Waals surface area contributed by atoms with Crippen molar-refractivity contribution in [1.29, 1.82) is 0 Å². The van der Waals surface area contributed by atoms with Crippen LogP contribution < -0.4 is 0 Å². The van der Waals surface area contributed by atoms with Crippen molar-refractivity contribution in [2.75, 3.05) is 0 Å². The number of aryl methyl sites for hydroxylation is 1. The molecule has 5 rings (SSSR count). The Morgan fingerprint density at radius 3 is 2.64 bits per heavy atom. The molecular weight excluding hydrogens is 312 g/mol. The highest BCUT2D eigenvalue weighted by Gasteiger charge is 2.75. The van der Waals surface area contributed by atoms with Crippen LogP contribution in [0.15, 0.2) is 18.2 Å². The Morgan fingerprint density at radius 2 is 1.92 bits per heavy atom. The molecule has 3 fully saturated rings. The normalized spacial score (nSPS) is 43.9. The summed E-state index contributed by atoms with van der Waals surface area (Å²) in [5.74, 6) is 1.60. The van der Waals surface area contributed by atoms with Crippen molar-refractivity contribution in [2.45, 2.75) is 76.7 Å². The Labute approximate surface area is 149 Å². The predicted molar refractivity (Wildman–Crippen MR) is 95.4 cm³/mol. The van der Waals surface area contributed by atoms with Crippen molar-refractivity contribution in [3.05, 3.63) is 29.3 Å². The highest BCUT2D eigenvalue weighted by molar-refractivity contribution is 5.67. The second-order valence-electron chi connectivity index (χ2n) is 9.25. The molecule has 2 bridgehead atoms. The van der Waals surface area contributed by atoms with Gasteiger partial charge in [0.1, 0.15) is 11.4 Å². The summed E-state index contributed by atoms with van der Waals surface area (Å²) in [5, 5.41) is 9.85. The number of hydrogen-bond donors (Lipinski definition) is 1. The van der Waals surface area contributed by atoms with Crippen LogP contribution >= 0.6 is 0 Å². The monoisotopic (exact) mass is 340 g/mol. The summed E-state index contributed by atoms with van der Waals surface area (Å²) in [6.45, 7) is 4.00. The zero-order valence-corrected chi connectivity index (χ0v) is 15.3. The molecule has 1 aromatic carbocycles. The Kier molecular flexibility index (Phi) is 3.02. The summed E-state index contributed by atoms with van der Waals surface area (Å²) in [5.41, 5.74) is 3.09. The van der Waals surface area contributed by atoms with Gasteiger partial charge in [0.15, 0.2) is 0 Å². The molecule has 3 heteroatoms. The van der Waals surface area contributed by atoms with Crippen LogP contribution in [-0.2, 0) is 16.0 Å². The molecule has 3 nitrogen and oxygen atoms in total. The number of ether oxygens (including phenoxy) is 1. The van der Waals surface area contributed by atoms with Crippen LogP contribution in [-0.4, -0.2) is 16.7 Å². The summed E-state index contributed by atoms with van der Waals surface area (Å²) >= 11 is 0. The largest absolute Gasteiger partial charge is 0.508 e. The van der Waals surface area contributed by atoms with Crippen LogP contribution in [0.2, 0.25) is 0 Å². The molecule has 3 saturated carbocycles. The second-order valence-corrected chi connectivity index (χ2v) is 9.25. The van der Waals surface area contributed by atoms with E-state index in [0.29, 0.717) is 23.0 Å². The van der Waals surface area contributed by atoms with Crippen molar-refractivity contribution in [2.24, 2.45) is 16.7 Å². The predicted octanol–water partition coefficient (Wildman–Crippen LogP) is 4.71. The number of carbonyl (C=O) groups excluding carboxylic acids is 1. The molecule has 1 aromatic rings. The van der Waals surface area contributed by atoms with Crippen LogP contribution in [0.1, 0.15) is 75.8 Å². The SMILES string of the molecule is CC(=O)OC12CCC3(CC1)[C@@H]1CCc4cc(O)ccc4[C@H]1CC[C@]23C. The number of benzene rings is 1. The van der Waals surface area contributed by atoms with E-state index in [4.69, 9.17) is 4.74 Å². The first kappa shape index (κ1) is 15.7. The average Bonchev–Trinajstić information content (AvgIpc) is 2.97. The zero-order valence-electron chi connectivity index (χ0n) is 15.3. The molecule has 0 radical (unpaired) electrons. The van der Waals surface area contributed by atoms with Gasteiger partial charge in [-0.2, -0.15) is 0 Å². The van der Waals surface area contributed by atoms with Crippen LogP contribution in [0.4, 0.5) is 0 Å². The lowest BCUT2D eigenvalue weighted by atomic mass is 9.48. The van der Waals surface area contributed by atoms with Gasteiger partial charge in [-0.15, -0.1) is 0 Å². The summed E-state index contributed by atoms with van der Waals surface area (Å²) in [6, 6.07) is 6.01. The Hall–Kier alpha value is -1.51. The van der Waals surface area contributed by atoms with Crippen LogP contribution in [0.5, 0.6) is 5.75 Å². The number of phenolic OH excluding ortho intramolecular Hbond substituents is 1. The summed E-state index contributed by atoms with van der Waals surface area (Å²) in [7, 11) is 0. The van der Waals surface area contributed by atoms with Crippen molar-refractivity contribution < 1.29 is 14.6 Å². The molecule has 4 aliphatic rings. The Balaban J connectivity index is 1.57. The van der Waals surface area contributed by atoms with E-state index in [1.807, 2.05) is 12.1 Å². The molecule has 0 amide bonds. The minimum absolute atomic E-state index is 0.106. The molecule has 0 aliphatic heterocycles. The van der Waals surface area contributed by atoms with E-state index >= 15 is 0 Å². The maximum absolute atomic E-state index is 11.8. The van der Waals surface area contributed by atoms with Gasteiger partial charge in [-0.1, -0.05) is 13.0 Å². The lowest BCUT2D eigenvalue weighted by Gasteiger charge is -2.57. The fourth-order valence-corrected chi connectivity index (χ4v) is 7.77. The molecule has 4 aliphatic carbocycles. The smallest absolute Gasteiger partial charge is 0.303 e. The highest BCUT2D eigenvalue weighted by atomic mass is 16.6. The van der Waals surface area contributed by atoms with Crippen molar-refractivity contribution >= 4 is 5.97 Å². The number of aromatic hydroxyl groups is 1. The zero-order chi connectivity index (χ0) is 17.4. The molecule has 0 spiro atoms. The minimum Gasteiger partial charge on any atom is -0.508 e. The number of hydrogen-bond acceptors (Lipinski definition) is 3. The molecule has 25 heavy (non-hydrogen) atoms. The van der Waals surface area contributed by atoms with E-state index < -0.39 is 0 Å². The molecule has 134 valence electrons. The maximum atomic E-state index is 11.8. The number of esters is 1. The quantitative estimate of drug-likeness (QED) is 0.753. The third kappa shape index (κ3) is 1.75. The maximum Gasteiger partial charge on any atom is 0.303 e. The molecule has 0 saturated heterocycles. The lowest BCUT2D eigenvalue weighted by Crippen LogP contribution is -2.53. The van der Waals surface area contributed by atoms with E-state index in [0.717, 1.165) is 25.7 Å². The third-order valence-corrected chi connectivity index (χ3v) is 8.80. The van der Waals surface area contributed by atoms with Crippen molar-refractivity contribution in [1.82, 2.24) is 0 Å². The molecule has 3 atom stereocenters. The van der Waals surface area contributed by atoms with Gasteiger partial charge >= 0.3 is 5.97 Å². The Morgan fingerprint density at radius 1 is 1.16 bits per heavy atom. The summed E-state index contributed by atoms with van der Waals surface area (Å²) < 4.78 is 6.05. The first-order valence-electron chi connectivity index (χ1n) is 9.92. The summed E-state index contributed by atoms with van der Waals surface area (Å²) in [4.78, 5) is 11.8. The van der Waals surface area contributed by atoms with E-state index in [1.165, 1.54) is 36.8 Å². The van der Waals surface area contributed by atoms with Gasteiger partial charge in [0.05, 0.1) is 0 Å². The molecule has 0 aromatic heterocycles. The Bertz CT molecular complexity index is 744. The van der Waals surface area contributed by atoms with Crippen LogP contribution in [0, 0.1) is 16.7 Å². The molecular formula is C22H28O3. The van der Waals surface area contributed by atoms with Gasteiger partial charge in [-0.25, -0.2) is 0 Å². The number of carbonyl (C=O) groups is 1. The first-order chi connectivity index (χ1) is 11.9. The molecule has 0 unspecified atom stereocenters. The van der Waals surface area contributed by atoms with Crippen molar-refractivity contribution in [3.8, 4) is 5.75 Å². The number of phenols is 1. The van der Waals surface area contributed by atoms with Gasteiger partial charge in [0.2, 0.25) is 0 Å². The van der Waals surface area contributed by atoms with Gasteiger partial charge in [0, 0.05) is 12.3 Å². The van der Waals surface area contributed by atoms with Crippen LogP contribution in [0.25, 0.3) is 0 Å². The minimum atomic E-state index is -0.209. The van der Waals surface area contributed by atoms with Gasteiger partial charge in [0.25, 0.3) is 0 Å². The molecule has 0 heterocycles. The van der Waals surface area contributed by atoms with E-state index in [9.17, 15) is 9.90 Å². The van der Waals surface area contributed by atoms with Gasteiger partial charge < -0.3 is 9.84 Å². The lowest BCUT2D eigenvalue weighted by molar-refractivity contribution is -0.174. The number of rotatable bonds is 1. The van der Waals surface area contributed by atoms with Gasteiger partial charge in [-0.05, 0) is 91.9 Å². The topological polar surface area (TPSA) is 46.5 Å².